The van der Waals surface area contributed by atoms with Gasteiger partial charge >= 0.3 is 6.18 Å². The van der Waals surface area contributed by atoms with Crippen LogP contribution in [0.5, 0.6) is 0 Å². The van der Waals surface area contributed by atoms with Crippen LogP contribution in [-0.2, 0) is 11.3 Å². The third-order valence-electron chi connectivity index (χ3n) is 5.14. The Morgan fingerprint density at radius 3 is 2.60 bits per heavy atom. The monoisotopic (exact) mass is 427 g/mol. The van der Waals surface area contributed by atoms with Gasteiger partial charge in [-0.05, 0) is 32.3 Å². The van der Waals surface area contributed by atoms with Gasteiger partial charge in [0.2, 0.25) is 5.91 Å². The van der Waals surface area contributed by atoms with Gasteiger partial charge in [-0.1, -0.05) is 30.3 Å². The SMILES string of the molecule is CCNC(=NCC(=O)N(C)CC(F)(F)F)NC1CCN(Cc2ccccc2)C(C)C1. The van der Waals surface area contributed by atoms with Crippen LogP contribution in [0.25, 0.3) is 0 Å². The highest BCUT2D eigenvalue weighted by Gasteiger charge is 2.31. The standard InChI is InChI=1S/C21H32F3N5O/c1-4-25-20(26-13-19(30)28(3)15-21(22,23)24)27-18-10-11-29(16(2)12-18)14-17-8-6-5-7-9-17/h5-9,16,18H,4,10-15H2,1-3H3,(H2,25,26,27). The average molecular weight is 428 g/mol. The number of hydrogen-bond donors (Lipinski definition) is 2. The van der Waals surface area contributed by atoms with E-state index in [2.05, 4.69) is 39.6 Å². The number of halogens is 3. The number of aliphatic imine (C=N–C) groups is 1. The van der Waals surface area contributed by atoms with E-state index >= 15 is 0 Å². The van der Waals surface area contributed by atoms with Crippen LogP contribution in [0.2, 0.25) is 0 Å². The van der Waals surface area contributed by atoms with Gasteiger partial charge in [0.1, 0.15) is 13.1 Å². The number of likely N-dealkylation sites (N-methyl/N-ethyl adjacent to an activating group) is 1. The zero-order valence-electron chi connectivity index (χ0n) is 17.9. The molecule has 0 spiro atoms. The highest BCUT2D eigenvalue weighted by molar-refractivity contribution is 5.85. The van der Waals surface area contributed by atoms with Gasteiger partial charge in [0.25, 0.3) is 0 Å². The molecule has 0 radical (unpaired) electrons. The van der Waals surface area contributed by atoms with Crippen LogP contribution in [0.4, 0.5) is 13.2 Å². The van der Waals surface area contributed by atoms with Crippen LogP contribution < -0.4 is 10.6 Å². The van der Waals surface area contributed by atoms with Crippen LogP contribution in [0.3, 0.4) is 0 Å². The van der Waals surface area contributed by atoms with Crippen molar-refractivity contribution in [3.8, 4) is 0 Å². The minimum absolute atomic E-state index is 0.188. The summed E-state index contributed by atoms with van der Waals surface area (Å²) in [4.78, 5) is 19.2. The molecule has 1 aliphatic heterocycles. The molecule has 1 fully saturated rings. The van der Waals surface area contributed by atoms with Gasteiger partial charge in [0.15, 0.2) is 5.96 Å². The van der Waals surface area contributed by atoms with E-state index in [0.717, 1.165) is 33.0 Å². The van der Waals surface area contributed by atoms with Crippen molar-refractivity contribution >= 4 is 11.9 Å². The molecular formula is C21H32F3N5O. The largest absolute Gasteiger partial charge is 0.406 e. The Hall–Kier alpha value is -2.29. The second kappa shape index (κ2) is 11.2. The zero-order chi connectivity index (χ0) is 22.1. The maximum Gasteiger partial charge on any atom is 0.406 e. The van der Waals surface area contributed by atoms with E-state index in [0.29, 0.717) is 23.4 Å². The van der Waals surface area contributed by atoms with E-state index in [1.54, 1.807) is 0 Å². The maximum atomic E-state index is 12.4. The predicted octanol–water partition coefficient (Wildman–Crippen LogP) is 2.62. The van der Waals surface area contributed by atoms with E-state index in [1.165, 1.54) is 5.56 Å². The summed E-state index contributed by atoms with van der Waals surface area (Å²) in [6.45, 7) is 4.92. The lowest BCUT2D eigenvalue weighted by atomic mass is 9.97. The molecule has 6 nitrogen and oxygen atoms in total. The number of guanidine groups is 1. The summed E-state index contributed by atoms with van der Waals surface area (Å²) in [5.74, 6) is -0.212. The van der Waals surface area contributed by atoms with Gasteiger partial charge in [-0.2, -0.15) is 13.2 Å². The number of benzene rings is 1. The van der Waals surface area contributed by atoms with Gasteiger partial charge in [-0.3, -0.25) is 9.69 Å². The quantitative estimate of drug-likeness (QED) is 0.519. The van der Waals surface area contributed by atoms with Crippen molar-refractivity contribution in [2.24, 2.45) is 4.99 Å². The van der Waals surface area contributed by atoms with E-state index < -0.39 is 18.6 Å². The fourth-order valence-corrected chi connectivity index (χ4v) is 3.54. The fourth-order valence-electron chi connectivity index (χ4n) is 3.54. The molecule has 9 heteroatoms. The molecule has 0 aliphatic carbocycles. The summed E-state index contributed by atoms with van der Waals surface area (Å²) in [5.41, 5.74) is 1.28. The van der Waals surface area contributed by atoms with Crippen molar-refractivity contribution in [3.63, 3.8) is 0 Å². The first-order chi connectivity index (χ1) is 14.2. The molecule has 1 heterocycles. The molecule has 1 aromatic carbocycles. The first-order valence-corrected chi connectivity index (χ1v) is 10.3. The van der Waals surface area contributed by atoms with Crippen LogP contribution in [0.1, 0.15) is 32.3 Å². The number of carbonyl (C=O) groups is 1. The number of piperidine rings is 1. The van der Waals surface area contributed by atoms with Crippen molar-refractivity contribution in [1.82, 2.24) is 20.4 Å². The summed E-state index contributed by atoms with van der Waals surface area (Å²) in [5, 5.41) is 6.40. The molecule has 2 unspecified atom stereocenters. The van der Waals surface area contributed by atoms with Crippen LogP contribution in [-0.4, -0.2) is 73.2 Å². The number of carbonyl (C=O) groups excluding carboxylic acids is 1. The number of rotatable bonds is 7. The number of likely N-dealkylation sites (tertiary alicyclic amines) is 1. The Morgan fingerprint density at radius 2 is 2.00 bits per heavy atom. The number of hydrogen-bond acceptors (Lipinski definition) is 3. The van der Waals surface area contributed by atoms with Crippen molar-refractivity contribution in [1.29, 1.82) is 0 Å². The van der Waals surface area contributed by atoms with Gasteiger partial charge in [0.05, 0.1) is 0 Å². The lowest BCUT2D eigenvalue weighted by molar-refractivity contribution is -0.157. The lowest BCUT2D eigenvalue weighted by Crippen LogP contribution is -2.51. The molecule has 30 heavy (non-hydrogen) atoms. The smallest absolute Gasteiger partial charge is 0.357 e. The number of nitrogens with zero attached hydrogens (tertiary/aromatic N) is 3. The molecule has 2 N–H and O–H groups in total. The molecule has 1 saturated heterocycles. The van der Waals surface area contributed by atoms with Crippen molar-refractivity contribution in [2.75, 3.05) is 33.2 Å². The Kier molecular flexibility index (Phi) is 8.95. The fraction of sp³-hybridized carbons (Fsp3) is 0.619. The summed E-state index contributed by atoms with van der Waals surface area (Å²) >= 11 is 0. The maximum absolute atomic E-state index is 12.4. The topological polar surface area (TPSA) is 60.0 Å². The molecule has 1 aliphatic rings. The molecule has 0 bridgehead atoms. The first-order valence-electron chi connectivity index (χ1n) is 10.3. The third-order valence-corrected chi connectivity index (χ3v) is 5.14. The molecule has 168 valence electrons. The van der Waals surface area contributed by atoms with Crippen LogP contribution >= 0.6 is 0 Å². The second-order valence-electron chi connectivity index (χ2n) is 7.73. The Balaban J connectivity index is 1.87. The summed E-state index contributed by atoms with van der Waals surface area (Å²) in [7, 11) is 1.13. The molecule has 0 saturated carbocycles. The van der Waals surface area contributed by atoms with Gasteiger partial charge in [-0.25, -0.2) is 4.99 Å². The molecule has 2 rings (SSSR count). The molecule has 2 atom stereocenters. The van der Waals surface area contributed by atoms with Crippen LogP contribution in [0, 0.1) is 0 Å². The number of amides is 1. The van der Waals surface area contributed by atoms with E-state index in [4.69, 9.17) is 0 Å². The predicted molar refractivity (Wildman–Crippen MR) is 112 cm³/mol. The van der Waals surface area contributed by atoms with Crippen molar-refractivity contribution in [2.45, 2.75) is 51.5 Å². The van der Waals surface area contributed by atoms with Gasteiger partial charge in [0, 0.05) is 38.8 Å². The third kappa shape index (κ3) is 8.22. The molecule has 0 aromatic heterocycles. The normalized spacial score (nSPS) is 20.7. The Morgan fingerprint density at radius 1 is 1.30 bits per heavy atom. The van der Waals surface area contributed by atoms with E-state index in [1.807, 2.05) is 25.1 Å². The Labute approximate surface area is 176 Å². The zero-order valence-corrected chi connectivity index (χ0v) is 17.9. The summed E-state index contributed by atoms with van der Waals surface area (Å²) in [6.07, 6.45) is -2.58. The average Bonchev–Trinajstić information content (AvgIpc) is 2.67. The lowest BCUT2D eigenvalue weighted by Gasteiger charge is -2.38. The highest BCUT2D eigenvalue weighted by atomic mass is 19.4. The van der Waals surface area contributed by atoms with E-state index in [-0.39, 0.29) is 12.6 Å². The van der Waals surface area contributed by atoms with E-state index in [9.17, 15) is 18.0 Å². The van der Waals surface area contributed by atoms with Crippen molar-refractivity contribution in [3.05, 3.63) is 35.9 Å². The molecule has 1 aromatic rings. The Bertz CT molecular complexity index is 696. The summed E-state index contributed by atoms with van der Waals surface area (Å²) in [6, 6.07) is 10.9. The van der Waals surface area contributed by atoms with Crippen LogP contribution in [0.15, 0.2) is 35.3 Å². The number of alkyl halides is 3. The first kappa shape index (κ1) is 24.0. The molecular weight excluding hydrogens is 395 g/mol. The molecule has 1 amide bonds. The van der Waals surface area contributed by atoms with Gasteiger partial charge in [-0.15, -0.1) is 0 Å². The highest BCUT2D eigenvalue weighted by Crippen LogP contribution is 2.20. The minimum atomic E-state index is -4.42. The minimum Gasteiger partial charge on any atom is -0.357 e. The second-order valence-corrected chi connectivity index (χ2v) is 7.73. The summed E-state index contributed by atoms with van der Waals surface area (Å²) < 4.78 is 37.3. The van der Waals surface area contributed by atoms with Gasteiger partial charge < -0.3 is 15.5 Å². The van der Waals surface area contributed by atoms with Crippen molar-refractivity contribution < 1.29 is 18.0 Å². The number of nitrogens with one attached hydrogen (secondary N) is 2.